The first-order chi connectivity index (χ1) is 11.6. The summed E-state index contributed by atoms with van der Waals surface area (Å²) in [5.74, 6) is 0.715. The maximum atomic E-state index is 12.2. The number of hydrogen-bond donors (Lipinski definition) is 2. The number of nitrogens with one attached hydrogen (secondary N) is 2. The number of halogens is 1. The molecule has 1 fully saturated rings. The molecule has 25 heavy (non-hydrogen) atoms. The normalized spacial score (nSPS) is 16.5. The van der Waals surface area contributed by atoms with E-state index in [1.165, 1.54) is 6.42 Å². The third kappa shape index (κ3) is 5.31. The average Bonchev–Trinajstić information content (AvgIpc) is 3.18. The lowest BCUT2D eigenvalue weighted by atomic mass is 10.1. The van der Waals surface area contributed by atoms with Crippen LogP contribution in [0.3, 0.4) is 0 Å². The van der Waals surface area contributed by atoms with E-state index in [1.54, 1.807) is 0 Å². The van der Waals surface area contributed by atoms with Gasteiger partial charge in [0.25, 0.3) is 5.91 Å². The van der Waals surface area contributed by atoms with Gasteiger partial charge in [-0.15, -0.1) is 12.4 Å². The Bertz CT molecular complexity index is 690. The van der Waals surface area contributed by atoms with E-state index >= 15 is 0 Å². The Kier molecular flexibility index (Phi) is 7.02. The Morgan fingerprint density at radius 2 is 2.08 bits per heavy atom. The summed E-state index contributed by atoms with van der Waals surface area (Å²) >= 11 is 0. The van der Waals surface area contributed by atoms with Gasteiger partial charge in [-0.25, -0.2) is 0 Å². The minimum atomic E-state index is 0. The molecule has 0 saturated carbocycles. The molecule has 1 aromatic heterocycles. The minimum absolute atomic E-state index is 0. The summed E-state index contributed by atoms with van der Waals surface area (Å²) < 4.78 is 1.99. The second kappa shape index (κ2) is 9.02. The van der Waals surface area contributed by atoms with Gasteiger partial charge in [-0.2, -0.15) is 5.10 Å². The predicted octanol–water partition coefficient (Wildman–Crippen LogP) is 2.70. The second-order valence-electron chi connectivity index (χ2n) is 6.69. The van der Waals surface area contributed by atoms with Crippen LogP contribution in [0.25, 0.3) is 0 Å². The molecule has 0 radical (unpaired) electrons. The van der Waals surface area contributed by atoms with Crippen LogP contribution in [0.2, 0.25) is 0 Å². The van der Waals surface area contributed by atoms with E-state index in [0.29, 0.717) is 5.92 Å². The van der Waals surface area contributed by atoms with Gasteiger partial charge in [0.05, 0.1) is 12.2 Å². The van der Waals surface area contributed by atoms with Crippen molar-refractivity contribution in [2.75, 3.05) is 19.6 Å². The standard InChI is InChI=1S/C19H26N4O.ClH/c1-14-11-15(2)23(22-14)13-17-3-5-18(6-4-17)19(24)21-10-8-16-7-9-20-12-16;/h3-6,11,16,20H,7-10,12-13H2,1-2H3,(H,21,24);1H. The Hall–Kier alpha value is -1.85. The number of amides is 1. The molecular weight excluding hydrogens is 336 g/mol. The third-order valence-electron chi connectivity index (χ3n) is 4.65. The molecule has 0 spiro atoms. The Balaban J connectivity index is 0.00000225. The molecule has 1 saturated heterocycles. The Morgan fingerprint density at radius 3 is 2.68 bits per heavy atom. The summed E-state index contributed by atoms with van der Waals surface area (Å²) in [5.41, 5.74) is 4.04. The highest BCUT2D eigenvalue weighted by atomic mass is 35.5. The van der Waals surface area contributed by atoms with Crippen LogP contribution in [0, 0.1) is 19.8 Å². The van der Waals surface area contributed by atoms with Crippen LogP contribution in [-0.2, 0) is 6.54 Å². The van der Waals surface area contributed by atoms with E-state index in [-0.39, 0.29) is 18.3 Å². The van der Waals surface area contributed by atoms with E-state index in [1.807, 2.05) is 35.9 Å². The molecule has 1 amide bonds. The number of hydrogen-bond acceptors (Lipinski definition) is 3. The first-order valence-electron chi connectivity index (χ1n) is 8.71. The highest BCUT2D eigenvalue weighted by Crippen LogP contribution is 2.12. The zero-order valence-electron chi connectivity index (χ0n) is 14.9. The summed E-state index contributed by atoms with van der Waals surface area (Å²) in [6.07, 6.45) is 2.27. The van der Waals surface area contributed by atoms with Crippen molar-refractivity contribution in [2.45, 2.75) is 33.2 Å². The Labute approximate surface area is 155 Å². The maximum absolute atomic E-state index is 12.2. The van der Waals surface area contributed by atoms with Crippen LogP contribution < -0.4 is 10.6 Å². The van der Waals surface area contributed by atoms with Gasteiger partial charge >= 0.3 is 0 Å². The van der Waals surface area contributed by atoms with Gasteiger partial charge in [0, 0.05) is 17.8 Å². The molecule has 6 heteroatoms. The summed E-state index contributed by atoms with van der Waals surface area (Å²) in [4.78, 5) is 12.2. The van der Waals surface area contributed by atoms with Crippen molar-refractivity contribution < 1.29 is 4.79 Å². The van der Waals surface area contributed by atoms with Gasteiger partial charge in [0.15, 0.2) is 0 Å². The SMILES string of the molecule is Cc1cc(C)n(Cc2ccc(C(=O)NCCC3CCNC3)cc2)n1.Cl. The van der Waals surface area contributed by atoms with E-state index in [0.717, 1.165) is 55.1 Å². The van der Waals surface area contributed by atoms with Crippen molar-refractivity contribution in [1.29, 1.82) is 0 Å². The largest absolute Gasteiger partial charge is 0.352 e. The molecule has 136 valence electrons. The van der Waals surface area contributed by atoms with Crippen molar-refractivity contribution in [3.63, 3.8) is 0 Å². The predicted molar refractivity (Wildman–Crippen MR) is 102 cm³/mol. The van der Waals surface area contributed by atoms with Gasteiger partial charge < -0.3 is 10.6 Å². The maximum Gasteiger partial charge on any atom is 0.251 e. The molecule has 1 aliphatic rings. The summed E-state index contributed by atoms with van der Waals surface area (Å²) in [6.45, 7) is 7.72. The van der Waals surface area contributed by atoms with Crippen LogP contribution in [-0.4, -0.2) is 35.3 Å². The second-order valence-corrected chi connectivity index (χ2v) is 6.69. The average molecular weight is 363 g/mol. The lowest BCUT2D eigenvalue weighted by Gasteiger charge is -2.10. The lowest BCUT2D eigenvalue weighted by molar-refractivity contribution is 0.0951. The first kappa shape index (κ1) is 19.5. The van der Waals surface area contributed by atoms with E-state index in [9.17, 15) is 4.79 Å². The molecule has 3 rings (SSSR count). The monoisotopic (exact) mass is 362 g/mol. The molecule has 2 aromatic rings. The van der Waals surface area contributed by atoms with E-state index in [2.05, 4.69) is 28.7 Å². The molecule has 2 heterocycles. The number of aryl methyl sites for hydroxylation is 2. The summed E-state index contributed by atoms with van der Waals surface area (Å²) in [7, 11) is 0. The third-order valence-corrected chi connectivity index (χ3v) is 4.65. The molecular formula is C19H27ClN4O. The first-order valence-corrected chi connectivity index (χ1v) is 8.71. The lowest BCUT2D eigenvalue weighted by Crippen LogP contribution is -2.26. The Morgan fingerprint density at radius 1 is 1.32 bits per heavy atom. The molecule has 5 nitrogen and oxygen atoms in total. The topological polar surface area (TPSA) is 59.0 Å². The van der Waals surface area contributed by atoms with Crippen LogP contribution in [0.15, 0.2) is 30.3 Å². The van der Waals surface area contributed by atoms with Crippen LogP contribution in [0.5, 0.6) is 0 Å². The number of carbonyl (C=O) groups is 1. The quantitative estimate of drug-likeness (QED) is 0.830. The molecule has 0 bridgehead atoms. The number of aromatic nitrogens is 2. The highest BCUT2D eigenvalue weighted by Gasteiger charge is 2.14. The summed E-state index contributed by atoms with van der Waals surface area (Å²) in [5, 5.41) is 10.9. The number of benzene rings is 1. The van der Waals surface area contributed by atoms with Gasteiger partial charge in [-0.1, -0.05) is 12.1 Å². The number of rotatable bonds is 6. The van der Waals surface area contributed by atoms with E-state index in [4.69, 9.17) is 0 Å². The van der Waals surface area contributed by atoms with Gasteiger partial charge in [0.2, 0.25) is 0 Å². The van der Waals surface area contributed by atoms with Crippen molar-refractivity contribution in [2.24, 2.45) is 5.92 Å². The fourth-order valence-electron chi connectivity index (χ4n) is 3.22. The van der Waals surface area contributed by atoms with Crippen LogP contribution >= 0.6 is 12.4 Å². The van der Waals surface area contributed by atoms with Gasteiger partial charge in [0.1, 0.15) is 0 Å². The molecule has 1 atom stereocenters. The van der Waals surface area contributed by atoms with Crippen LogP contribution in [0.4, 0.5) is 0 Å². The smallest absolute Gasteiger partial charge is 0.251 e. The molecule has 0 aliphatic carbocycles. The highest BCUT2D eigenvalue weighted by molar-refractivity contribution is 5.94. The zero-order chi connectivity index (χ0) is 16.9. The fourth-order valence-corrected chi connectivity index (χ4v) is 3.22. The number of carbonyl (C=O) groups excluding carboxylic acids is 1. The fraction of sp³-hybridized carbons (Fsp3) is 0.474. The van der Waals surface area contributed by atoms with Crippen LogP contribution in [0.1, 0.15) is 40.2 Å². The number of nitrogens with zero attached hydrogens (tertiary/aromatic N) is 2. The van der Waals surface area contributed by atoms with Gasteiger partial charge in [-0.05, 0) is 69.5 Å². The van der Waals surface area contributed by atoms with Crippen molar-refractivity contribution >= 4 is 18.3 Å². The summed E-state index contributed by atoms with van der Waals surface area (Å²) in [6, 6.07) is 9.88. The van der Waals surface area contributed by atoms with Gasteiger partial charge in [-0.3, -0.25) is 9.48 Å². The van der Waals surface area contributed by atoms with Crippen molar-refractivity contribution in [1.82, 2.24) is 20.4 Å². The zero-order valence-corrected chi connectivity index (χ0v) is 15.7. The molecule has 2 N–H and O–H groups in total. The minimum Gasteiger partial charge on any atom is -0.352 e. The van der Waals surface area contributed by atoms with E-state index < -0.39 is 0 Å². The van der Waals surface area contributed by atoms with Crippen molar-refractivity contribution in [3.8, 4) is 0 Å². The van der Waals surface area contributed by atoms with Crippen molar-refractivity contribution in [3.05, 3.63) is 52.8 Å². The molecule has 1 aliphatic heterocycles. The molecule has 1 aromatic carbocycles. The molecule has 1 unspecified atom stereocenters.